The highest BCUT2D eigenvalue weighted by atomic mass is 16.5. The van der Waals surface area contributed by atoms with E-state index in [2.05, 4.69) is 25.1 Å². The van der Waals surface area contributed by atoms with Crippen LogP contribution in [-0.4, -0.2) is 25.8 Å². The molecule has 0 saturated carbocycles. The molecule has 0 spiro atoms. The summed E-state index contributed by atoms with van der Waals surface area (Å²) in [6, 6.07) is 0.545. The van der Waals surface area contributed by atoms with Gasteiger partial charge in [-0.05, 0) is 32.7 Å². The summed E-state index contributed by atoms with van der Waals surface area (Å²) in [5.41, 5.74) is 0. The number of terminal acetylenes is 1. The molecule has 0 heterocycles. The van der Waals surface area contributed by atoms with Crippen molar-refractivity contribution in [1.29, 1.82) is 0 Å². The Labute approximate surface area is 88.4 Å². The highest BCUT2D eigenvalue weighted by Crippen LogP contribution is 2.08. The van der Waals surface area contributed by atoms with Gasteiger partial charge in [0.25, 0.3) is 0 Å². The predicted molar refractivity (Wildman–Crippen MR) is 61.2 cm³/mol. The third-order valence-corrected chi connectivity index (χ3v) is 2.39. The zero-order chi connectivity index (χ0) is 10.8. The Balaban J connectivity index is 3.71. The monoisotopic (exact) mass is 197 g/mol. The summed E-state index contributed by atoms with van der Waals surface area (Å²) in [4.78, 5) is 0. The van der Waals surface area contributed by atoms with Crippen LogP contribution < -0.4 is 5.32 Å². The Hall–Kier alpha value is -0.520. The first-order valence-corrected chi connectivity index (χ1v) is 5.44. The minimum absolute atomic E-state index is 0.324. The largest absolute Gasteiger partial charge is 0.382 e. The fourth-order valence-electron chi connectivity index (χ4n) is 1.54. The van der Waals surface area contributed by atoms with Gasteiger partial charge in [0, 0.05) is 19.6 Å². The molecule has 2 nitrogen and oxygen atoms in total. The summed E-state index contributed by atoms with van der Waals surface area (Å²) in [7, 11) is 1.76. The molecule has 0 aliphatic rings. The van der Waals surface area contributed by atoms with E-state index in [1.807, 2.05) is 0 Å². The van der Waals surface area contributed by atoms with Crippen LogP contribution in [0.5, 0.6) is 0 Å². The van der Waals surface area contributed by atoms with Crippen LogP contribution in [0.3, 0.4) is 0 Å². The Kier molecular flexibility index (Phi) is 8.72. The minimum atomic E-state index is 0.324. The molecule has 0 aromatic rings. The molecule has 0 saturated heterocycles. The van der Waals surface area contributed by atoms with E-state index in [4.69, 9.17) is 11.2 Å². The van der Waals surface area contributed by atoms with Crippen molar-refractivity contribution >= 4 is 0 Å². The van der Waals surface area contributed by atoms with Crippen LogP contribution in [0.4, 0.5) is 0 Å². The molecule has 2 heteroatoms. The van der Waals surface area contributed by atoms with E-state index >= 15 is 0 Å². The van der Waals surface area contributed by atoms with Crippen LogP contribution >= 0.6 is 0 Å². The molecule has 82 valence electrons. The maximum Gasteiger partial charge on any atom is 0.0558 e. The van der Waals surface area contributed by atoms with Crippen LogP contribution in [0.25, 0.3) is 0 Å². The molecule has 0 aliphatic heterocycles. The lowest BCUT2D eigenvalue weighted by Crippen LogP contribution is -2.32. The van der Waals surface area contributed by atoms with Gasteiger partial charge in [-0.25, -0.2) is 0 Å². The van der Waals surface area contributed by atoms with Gasteiger partial charge >= 0.3 is 0 Å². The van der Waals surface area contributed by atoms with E-state index in [1.54, 1.807) is 7.11 Å². The number of hydrogen-bond donors (Lipinski definition) is 1. The summed E-state index contributed by atoms with van der Waals surface area (Å²) in [6.45, 7) is 5.24. The second-order valence-electron chi connectivity index (χ2n) is 3.63. The number of methoxy groups -OCH3 is 1. The van der Waals surface area contributed by atoms with Gasteiger partial charge in [0.2, 0.25) is 0 Å². The molecule has 0 aliphatic carbocycles. The van der Waals surface area contributed by atoms with Crippen molar-refractivity contribution in [2.75, 3.05) is 13.7 Å². The number of hydrogen-bond acceptors (Lipinski definition) is 2. The van der Waals surface area contributed by atoms with Crippen molar-refractivity contribution in [1.82, 2.24) is 5.32 Å². The number of unbranched alkanes of at least 4 members (excludes halogenated alkanes) is 1. The van der Waals surface area contributed by atoms with E-state index in [0.717, 1.165) is 32.2 Å². The van der Waals surface area contributed by atoms with Gasteiger partial charge < -0.3 is 10.1 Å². The average molecular weight is 197 g/mol. The van der Waals surface area contributed by atoms with Crippen molar-refractivity contribution in [3.8, 4) is 12.3 Å². The molecule has 0 aromatic carbocycles. The van der Waals surface area contributed by atoms with Gasteiger partial charge in [-0.2, -0.15) is 0 Å². The normalized spacial score (nSPS) is 14.7. The van der Waals surface area contributed by atoms with E-state index < -0.39 is 0 Å². The molecule has 0 rings (SSSR count). The first-order chi connectivity index (χ1) is 6.74. The van der Waals surface area contributed by atoms with E-state index in [0.29, 0.717) is 12.1 Å². The lowest BCUT2D eigenvalue weighted by Gasteiger charge is -2.20. The van der Waals surface area contributed by atoms with E-state index in [1.165, 1.54) is 0 Å². The quantitative estimate of drug-likeness (QED) is 0.476. The van der Waals surface area contributed by atoms with Gasteiger partial charge in [-0.3, -0.25) is 0 Å². The lowest BCUT2D eigenvalue weighted by molar-refractivity contribution is 0.0993. The molecule has 2 atom stereocenters. The molecule has 0 bridgehead atoms. The molecule has 1 N–H and O–H groups in total. The van der Waals surface area contributed by atoms with Crippen molar-refractivity contribution in [3.63, 3.8) is 0 Å². The fourth-order valence-corrected chi connectivity index (χ4v) is 1.54. The Morgan fingerprint density at radius 3 is 2.71 bits per heavy atom. The molecule has 0 aromatic heterocycles. The van der Waals surface area contributed by atoms with Crippen molar-refractivity contribution < 1.29 is 4.74 Å². The summed E-state index contributed by atoms with van der Waals surface area (Å²) in [6.07, 6.45) is 9.73. The lowest BCUT2D eigenvalue weighted by atomic mass is 10.0. The van der Waals surface area contributed by atoms with Crippen LogP contribution in [0.15, 0.2) is 0 Å². The van der Waals surface area contributed by atoms with Crippen LogP contribution in [-0.2, 0) is 4.74 Å². The van der Waals surface area contributed by atoms with Crippen molar-refractivity contribution in [3.05, 3.63) is 0 Å². The van der Waals surface area contributed by atoms with Crippen molar-refractivity contribution in [2.24, 2.45) is 0 Å². The highest BCUT2D eigenvalue weighted by molar-refractivity contribution is 4.84. The third kappa shape index (κ3) is 6.94. The topological polar surface area (TPSA) is 21.3 Å². The Bertz CT molecular complexity index is 162. The van der Waals surface area contributed by atoms with E-state index in [-0.39, 0.29) is 0 Å². The first kappa shape index (κ1) is 13.5. The number of ether oxygens (including phenoxy) is 1. The third-order valence-electron chi connectivity index (χ3n) is 2.39. The van der Waals surface area contributed by atoms with Gasteiger partial charge in [0.15, 0.2) is 0 Å². The Morgan fingerprint density at radius 1 is 1.50 bits per heavy atom. The van der Waals surface area contributed by atoms with Gasteiger partial charge in [0.05, 0.1) is 6.10 Å². The SMILES string of the molecule is C#CCCCC(CC(C)OC)NCC. The molecular formula is C12H23NO. The number of rotatable bonds is 8. The zero-order valence-corrected chi connectivity index (χ0v) is 9.68. The summed E-state index contributed by atoms with van der Waals surface area (Å²) in [5, 5.41) is 3.46. The molecule has 0 amide bonds. The summed E-state index contributed by atoms with van der Waals surface area (Å²) in [5.74, 6) is 2.67. The van der Waals surface area contributed by atoms with E-state index in [9.17, 15) is 0 Å². The smallest absolute Gasteiger partial charge is 0.0558 e. The summed E-state index contributed by atoms with van der Waals surface area (Å²) >= 11 is 0. The standard InChI is InChI=1S/C12H23NO/c1-5-7-8-9-12(13-6-2)10-11(3)14-4/h1,11-13H,6-10H2,2-4H3. The fraction of sp³-hybridized carbons (Fsp3) is 0.833. The molecule has 2 unspecified atom stereocenters. The maximum atomic E-state index is 5.25. The molecule has 14 heavy (non-hydrogen) atoms. The van der Waals surface area contributed by atoms with Gasteiger partial charge in [0.1, 0.15) is 0 Å². The van der Waals surface area contributed by atoms with Crippen LogP contribution in [0.1, 0.15) is 39.5 Å². The molecular weight excluding hydrogens is 174 g/mol. The summed E-state index contributed by atoms with van der Waals surface area (Å²) < 4.78 is 5.25. The Morgan fingerprint density at radius 2 is 2.21 bits per heavy atom. The van der Waals surface area contributed by atoms with Gasteiger partial charge in [-0.15, -0.1) is 12.3 Å². The average Bonchev–Trinajstić information content (AvgIpc) is 2.18. The second-order valence-corrected chi connectivity index (χ2v) is 3.63. The molecule has 0 radical (unpaired) electrons. The minimum Gasteiger partial charge on any atom is -0.382 e. The van der Waals surface area contributed by atoms with Gasteiger partial charge in [-0.1, -0.05) is 6.92 Å². The van der Waals surface area contributed by atoms with Crippen molar-refractivity contribution in [2.45, 2.75) is 51.7 Å². The van der Waals surface area contributed by atoms with Crippen LogP contribution in [0, 0.1) is 12.3 Å². The zero-order valence-electron chi connectivity index (χ0n) is 9.68. The predicted octanol–water partition coefficient (Wildman–Crippen LogP) is 2.19. The first-order valence-electron chi connectivity index (χ1n) is 5.44. The maximum absolute atomic E-state index is 5.25. The van der Waals surface area contributed by atoms with Crippen LogP contribution in [0.2, 0.25) is 0 Å². The number of nitrogens with one attached hydrogen (secondary N) is 1. The highest BCUT2D eigenvalue weighted by Gasteiger charge is 2.10. The second kappa shape index (κ2) is 9.05. The molecule has 0 fully saturated rings.